The Labute approximate surface area is 151 Å². The second kappa shape index (κ2) is 7.21. The van der Waals surface area contributed by atoms with E-state index in [1.807, 2.05) is 52.8 Å². The number of hydrogen-bond donors (Lipinski definition) is 3. The van der Waals surface area contributed by atoms with Gasteiger partial charge in [-0.3, -0.25) is 9.87 Å². The summed E-state index contributed by atoms with van der Waals surface area (Å²) in [7, 11) is -4.69. The molecule has 0 radical (unpaired) electrons. The molecule has 0 aliphatic heterocycles. The molecular weight excluding hydrogens is 342 g/mol. The molecule has 1 aromatic rings. The van der Waals surface area contributed by atoms with E-state index in [1.54, 1.807) is 20.8 Å². The fraction of sp³-hybridized carbons (Fsp3) is 0.588. The summed E-state index contributed by atoms with van der Waals surface area (Å²) >= 11 is 0. The van der Waals surface area contributed by atoms with Gasteiger partial charge in [-0.25, -0.2) is 9.60 Å². The van der Waals surface area contributed by atoms with E-state index in [0.717, 1.165) is 21.6 Å². The highest BCUT2D eigenvalue weighted by Gasteiger charge is 2.34. The Bertz CT molecular complexity index is 737. The Hall–Kier alpha value is -1.80. The molecule has 0 spiro atoms. The van der Waals surface area contributed by atoms with E-state index in [2.05, 4.69) is 10.6 Å². The zero-order chi connectivity index (χ0) is 19.6. The molecular formula is C17H30N3O4S+. The summed E-state index contributed by atoms with van der Waals surface area (Å²) in [5, 5.41) is 6.45. The number of hydroxylamine groups is 1. The van der Waals surface area contributed by atoms with E-state index in [4.69, 9.17) is 4.28 Å². The smallest absolute Gasteiger partial charge is 0.270 e. The van der Waals surface area contributed by atoms with E-state index in [9.17, 15) is 13.0 Å². The molecule has 1 rings (SSSR count). The summed E-state index contributed by atoms with van der Waals surface area (Å²) in [5.41, 5.74) is 1.68. The van der Waals surface area contributed by atoms with Crippen LogP contribution in [-0.4, -0.2) is 34.7 Å². The predicted molar refractivity (Wildman–Crippen MR) is 100 cm³/mol. The summed E-state index contributed by atoms with van der Waals surface area (Å²) in [4.78, 5) is 0. The van der Waals surface area contributed by atoms with E-state index in [-0.39, 0.29) is 5.54 Å². The number of guanidine groups is 1. The lowest BCUT2D eigenvalue weighted by molar-refractivity contribution is -0.795. The quantitative estimate of drug-likeness (QED) is 0.248. The van der Waals surface area contributed by atoms with Crippen LogP contribution >= 0.6 is 0 Å². The molecule has 0 aromatic heterocycles. The average molecular weight is 373 g/mol. The van der Waals surface area contributed by atoms with Gasteiger partial charge in [-0.1, -0.05) is 22.9 Å². The normalized spacial score (nSPS) is 14.0. The third-order valence-corrected chi connectivity index (χ3v) is 3.54. The largest absolute Gasteiger partial charge is 0.476 e. The standard InChI is InChI=1S/C17H29N3O4S/c1-12-10-9-11-13(2)14(12)18-15(19-16(3,4)5)20(17(6,7)8)24-25(21,22)23/h9-11H,1-8H3,(H2,18,19,21,22,23)/p+1. The Morgan fingerprint density at radius 1 is 1.08 bits per heavy atom. The van der Waals surface area contributed by atoms with Crippen LogP contribution < -0.4 is 10.6 Å². The molecule has 0 bridgehead atoms. The van der Waals surface area contributed by atoms with E-state index in [1.165, 1.54) is 0 Å². The van der Waals surface area contributed by atoms with Crippen molar-refractivity contribution >= 4 is 22.0 Å². The SMILES string of the molecule is Cc1cccc(C)c1N/C(NC(C)(C)C)=[N+](/OS(=O)(=O)O)C(C)(C)C. The first-order valence-electron chi connectivity index (χ1n) is 8.06. The van der Waals surface area contributed by atoms with Gasteiger partial charge in [0.05, 0.1) is 5.54 Å². The van der Waals surface area contributed by atoms with Crippen molar-refractivity contribution in [2.75, 3.05) is 5.32 Å². The molecule has 0 heterocycles. The summed E-state index contributed by atoms with van der Waals surface area (Å²) in [6.45, 7) is 15.0. The summed E-state index contributed by atoms with van der Waals surface area (Å²) in [6.07, 6.45) is 0. The van der Waals surface area contributed by atoms with Crippen molar-refractivity contribution in [3.05, 3.63) is 29.3 Å². The number of para-hydroxylation sites is 1. The van der Waals surface area contributed by atoms with E-state index in [0.29, 0.717) is 5.96 Å². The third kappa shape index (κ3) is 6.91. The lowest BCUT2D eigenvalue weighted by Gasteiger charge is -2.26. The molecule has 1 aromatic carbocycles. The maximum atomic E-state index is 11.4. The highest BCUT2D eigenvalue weighted by Crippen LogP contribution is 2.21. The van der Waals surface area contributed by atoms with Gasteiger partial charge in [0.1, 0.15) is 11.2 Å². The number of hydrogen-bond acceptors (Lipinski definition) is 3. The maximum absolute atomic E-state index is 11.4. The Morgan fingerprint density at radius 3 is 1.92 bits per heavy atom. The molecule has 0 atom stereocenters. The molecule has 25 heavy (non-hydrogen) atoms. The highest BCUT2D eigenvalue weighted by atomic mass is 32.3. The summed E-state index contributed by atoms with van der Waals surface area (Å²) < 4.78 is 37.9. The van der Waals surface area contributed by atoms with Gasteiger partial charge in [0.15, 0.2) is 0 Å². The molecule has 0 fully saturated rings. The number of nitrogens with one attached hydrogen (secondary N) is 2. The second-order valence-corrected chi connectivity index (χ2v) is 9.09. The lowest BCUT2D eigenvalue weighted by Crippen LogP contribution is -2.53. The first-order valence-corrected chi connectivity index (χ1v) is 9.42. The third-order valence-electron chi connectivity index (χ3n) is 3.20. The molecule has 0 aliphatic rings. The van der Waals surface area contributed by atoms with Gasteiger partial charge in [0, 0.05) is 0 Å². The number of benzene rings is 1. The minimum absolute atomic E-state index is 0.315. The number of nitrogens with zero attached hydrogens (tertiary/aromatic N) is 1. The van der Waals surface area contributed by atoms with Gasteiger partial charge in [-0.2, -0.15) is 8.42 Å². The van der Waals surface area contributed by atoms with Gasteiger partial charge >= 0.3 is 16.4 Å². The number of anilines is 1. The first-order chi connectivity index (χ1) is 11.1. The van der Waals surface area contributed by atoms with E-state index < -0.39 is 15.9 Å². The topological polar surface area (TPSA) is 90.7 Å². The minimum atomic E-state index is -4.69. The van der Waals surface area contributed by atoms with Crippen LogP contribution in [0.3, 0.4) is 0 Å². The second-order valence-electron chi connectivity index (χ2n) is 8.08. The average Bonchev–Trinajstić information content (AvgIpc) is 2.35. The molecule has 3 N–H and O–H groups in total. The molecule has 7 nitrogen and oxygen atoms in total. The fourth-order valence-electron chi connectivity index (χ4n) is 2.20. The van der Waals surface area contributed by atoms with Crippen molar-refractivity contribution in [1.29, 1.82) is 0 Å². The zero-order valence-electron chi connectivity index (χ0n) is 16.3. The van der Waals surface area contributed by atoms with Crippen LogP contribution in [0.1, 0.15) is 52.7 Å². The van der Waals surface area contributed by atoms with Gasteiger partial charge in [-0.15, -0.1) is 0 Å². The van der Waals surface area contributed by atoms with Crippen molar-refractivity contribution in [2.45, 2.75) is 66.5 Å². The van der Waals surface area contributed by atoms with Gasteiger partial charge in [0.25, 0.3) is 0 Å². The molecule has 0 saturated heterocycles. The van der Waals surface area contributed by atoms with Gasteiger partial charge < -0.3 is 0 Å². The predicted octanol–water partition coefficient (Wildman–Crippen LogP) is 3.00. The van der Waals surface area contributed by atoms with Crippen LogP contribution in [0.25, 0.3) is 0 Å². The maximum Gasteiger partial charge on any atom is 0.476 e. The van der Waals surface area contributed by atoms with Crippen molar-refractivity contribution in [3.63, 3.8) is 0 Å². The molecule has 0 aliphatic carbocycles. The van der Waals surface area contributed by atoms with Crippen LogP contribution in [0.2, 0.25) is 0 Å². The van der Waals surface area contributed by atoms with Crippen LogP contribution in [0.15, 0.2) is 18.2 Å². The molecule has 0 amide bonds. The molecule has 0 unspecified atom stereocenters. The van der Waals surface area contributed by atoms with Gasteiger partial charge in [0.2, 0.25) is 0 Å². The van der Waals surface area contributed by atoms with Crippen molar-refractivity contribution in [3.8, 4) is 0 Å². The van der Waals surface area contributed by atoms with Crippen LogP contribution in [0, 0.1) is 13.8 Å². The monoisotopic (exact) mass is 372 g/mol. The Kier molecular flexibility index (Phi) is 6.13. The van der Waals surface area contributed by atoms with Crippen LogP contribution in [0.4, 0.5) is 5.69 Å². The summed E-state index contributed by atoms with van der Waals surface area (Å²) in [5.74, 6) is 0.315. The summed E-state index contributed by atoms with van der Waals surface area (Å²) in [6, 6.07) is 5.85. The van der Waals surface area contributed by atoms with Crippen LogP contribution in [-0.2, 0) is 14.7 Å². The van der Waals surface area contributed by atoms with Gasteiger partial charge in [-0.05, 0) is 66.5 Å². The first kappa shape index (κ1) is 21.2. The fourth-order valence-corrected chi connectivity index (χ4v) is 2.68. The number of rotatable bonds is 3. The highest BCUT2D eigenvalue weighted by molar-refractivity contribution is 7.80. The van der Waals surface area contributed by atoms with Crippen molar-refractivity contribution < 1.29 is 22.0 Å². The van der Waals surface area contributed by atoms with Crippen molar-refractivity contribution in [2.24, 2.45) is 0 Å². The Balaban J connectivity index is 3.57. The lowest BCUT2D eigenvalue weighted by atomic mass is 10.1. The Morgan fingerprint density at radius 2 is 1.56 bits per heavy atom. The molecule has 0 saturated carbocycles. The van der Waals surface area contributed by atoms with E-state index >= 15 is 0 Å². The zero-order valence-corrected chi connectivity index (χ0v) is 17.1. The number of aryl methyl sites for hydroxylation is 2. The van der Waals surface area contributed by atoms with Crippen molar-refractivity contribution in [1.82, 2.24) is 5.32 Å². The molecule has 142 valence electrons. The molecule has 8 heteroatoms. The minimum Gasteiger partial charge on any atom is -0.270 e. The van der Waals surface area contributed by atoms with Crippen LogP contribution in [0.5, 0.6) is 0 Å².